The third kappa shape index (κ3) is 4.16. The van der Waals surface area contributed by atoms with Crippen LogP contribution in [-0.2, 0) is 17.8 Å². The SMILES string of the molecule is COCCNCc1cn(Cc2ccnc(C#N)c2)cn1. The summed E-state index contributed by atoms with van der Waals surface area (Å²) in [5, 5.41) is 12.1. The van der Waals surface area contributed by atoms with E-state index in [9.17, 15) is 0 Å². The number of hydrogen-bond donors (Lipinski definition) is 1. The van der Waals surface area contributed by atoms with Crippen molar-refractivity contribution in [1.29, 1.82) is 5.26 Å². The number of ether oxygens (including phenoxy) is 1. The summed E-state index contributed by atoms with van der Waals surface area (Å²) in [6.07, 6.45) is 5.43. The summed E-state index contributed by atoms with van der Waals surface area (Å²) in [6, 6.07) is 5.73. The standard InChI is InChI=1S/C14H17N5O/c1-20-5-4-16-8-14-10-19(11-18-14)9-12-2-3-17-13(6-12)7-15/h2-3,6,10-11,16H,4-5,8-9H2,1H3. The van der Waals surface area contributed by atoms with Crippen LogP contribution in [0.2, 0.25) is 0 Å². The molecule has 0 amide bonds. The zero-order chi connectivity index (χ0) is 14.2. The van der Waals surface area contributed by atoms with Gasteiger partial charge in [0.05, 0.1) is 18.6 Å². The smallest absolute Gasteiger partial charge is 0.140 e. The van der Waals surface area contributed by atoms with E-state index in [1.54, 1.807) is 25.7 Å². The van der Waals surface area contributed by atoms with Gasteiger partial charge in [-0.05, 0) is 17.7 Å². The van der Waals surface area contributed by atoms with Crippen LogP contribution in [0.25, 0.3) is 0 Å². The molecule has 0 radical (unpaired) electrons. The number of rotatable bonds is 7. The van der Waals surface area contributed by atoms with Gasteiger partial charge in [-0.25, -0.2) is 9.97 Å². The highest BCUT2D eigenvalue weighted by atomic mass is 16.5. The first-order chi connectivity index (χ1) is 9.81. The summed E-state index contributed by atoms with van der Waals surface area (Å²) in [7, 11) is 1.68. The Morgan fingerprint density at radius 3 is 3.15 bits per heavy atom. The minimum atomic E-state index is 0.434. The molecule has 2 aromatic heterocycles. The van der Waals surface area contributed by atoms with E-state index in [2.05, 4.69) is 15.3 Å². The molecule has 0 aromatic carbocycles. The number of methoxy groups -OCH3 is 1. The van der Waals surface area contributed by atoms with Crippen molar-refractivity contribution < 1.29 is 4.74 Å². The topological polar surface area (TPSA) is 75.8 Å². The fourth-order valence-corrected chi connectivity index (χ4v) is 1.82. The quantitative estimate of drug-likeness (QED) is 0.758. The average molecular weight is 271 g/mol. The van der Waals surface area contributed by atoms with E-state index < -0.39 is 0 Å². The summed E-state index contributed by atoms with van der Waals surface area (Å²) in [6.45, 7) is 2.90. The Morgan fingerprint density at radius 1 is 1.45 bits per heavy atom. The summed E-state index contributed by atoms with van der Waals surface area (Å²) in [5.41, 5.74) is 2.45. The van der Waals surface area contributed by atoms with Crippen molar-refractivity contribution in [2.75, 3.05) is 20.3 Å². The fraction of sp³-hybridized carbons (Fsp3) is 0.357. The van der Waals surface area contributed by atoms with Gasteiger partial charge in [0.25, 0.3) is 0 Å². The van der Waals surface area contributed by atoms with Gasteiger partial charge in [-0.15, -0.1) is 0 Å². The summed E-state index contributed by atoms with van der Waals surface area (Å²) in [4.78, 5) is 8.29. The molecular weight excluding hydrogens is 254 g/mol. The molecule has 0 fully saturated rings. The second-order valence-electron chi connectivity index (χ2n) is 4.37. The van der Waals surface area contributed by atoms with Crippen LogP contribution in [0.5, 0.6) is 0 Å². The molecule has 0 aliphatic heterocycles. The number of pyridine rings is 1. The maximum absolute atomic E-state index is 8.82. The molecule has 0 bridgehead atoms. The van der Waals surface area contributed by atoms with Crippen LogP contribution in [-0.4, -0.2) is 34.8 Å². The highest BCUT2D eigenvalue weighted by Gasteiger charge is 2.01. The third-order valence-electron chi connectivity index (χ3n) is 2.78. The zero-order valence-electron chi connectivity index (χ0n) is 11.4. The van der Waals surface area contributed by atoms with Crippen LogP contribution < -0.4 is 5.32 Å². The lowest BCUT2D eigenvalue weighted by Gasteiger charge is -2.02. The van der Waals surface area contributed by atoms with Gasteiger partial charge in [-0.2, -0.15) is 5.26 Å². The van der Waals surface area contributed by atoms with Crippen molar-refractivity contribution >= 4 is 0 Å². The van der Waals surface area contributed by atoms with Crippen LogP contribution in [0.15, 0.2) is 30.9 Å². The molecule has 2 rings (SSSR count). The largest absolute Gasteiger partial charge is 0.383 e. The average Bonchev–Trinajstić information content (AvgIpc) is 2.91. The van der Waals surface area contributed by atoms with Crippen LogP contribution in [0.3, 0.4) is 0 Å². The molecule has 2 aromatic rings. The Bertz CT molecular complexity index is 587. The first-order valence-electron chi connectivity index (χ1n) is 6.37. The number of hydrogen-bond acceptors (Lipinski definition) is 5. The van der Waals surface area contributed by atoms with Crippen LogP contribution >= 0.6 is 0 Å². The van der Waals surface area contributed by atoms with Gasteiger partial charge in [0.1, 0.15) is 11.8 Å². The van der Waals surface area contributed by atoms with Gasteiger partial charge in [-0.3, -0.25) is 0 Å². The Morgan fingerprint density at radius 2 is 2.35 bits per heavy atom. The molecule has 1 N–H and O–H groups in total. The zero-order valence-corrected chi connectivity index (χ0v) is 11.4. The highest BCUT2D eigenvalue weighted by Crippen LogP contribution is 2.05. The first kappa shape index (κ1) is 14.2. The van der Waals surface area contributed by atoms with E-state index >= 15 is 0 Å². The molecule has 0 aliphatic rings. The molecule has 2 heterocycles. The van der Waals surface area contributed by atoms with Crippen molar-refractivity contribution in [3.63, 3.8) is 0 Å². The van der Waals surface area contributed by atoms with E-state index in [0.29, 0.717) is 18.8 Å². The minimum Gasteiger partial charge on any atom is -0.383 e. The molecule has 0 atom stereocenters. The number of imidazole rings is 1. The van der Waals surface area contributed by atoms with Crippen molar-refractivity contribution in [2.45, 2.75) is 13.1 Å². The summed E-state index contributed by atoms with van der Waals surface area (Å²) >= 11 is 0. The van der Waals surface area contributed by atoms with Gasteiger partial charge < -0.3 is 14.6 Å². The van der Waals surface area contributed by atoms with Crippen LogP contribution in [0, 0.1) is 11.3 Å². The predicted molar refractivity (Wildman–Crippen MR) is 73.9 cm³/mol. The van der Waals surface area contributed by atoms with E-state index in [4.69, 9.17) is 10.00 Å². The number of nitriles is 1. The number of nitrogens with one attached hydrogen (secondary N) is 1. The van der Waals surface area contributed by atoms with Crippen molar-refractivity contribution in [2.24, 2.45) is 0 Å². The van der Waals surface area contributed by atoms with Crippen LogP contribution in [0.1, 0.15) is 17.0 Å². The van der Waals surface area contributed by atoms with Crippen molar-refractivity contribution in [1.82, 2.24) is 19.9 Å². The predicted octanol–water partition coefficient (Wildman–Crippen LogP) is 0.934. The van der Waals surface area contributed by atoms with Gasteiger partial charge in [0, 0.05) is 39.1 Å². The molecule has 0 spiro atoms. The molecule has 0 unspecified atom stereocenters. The lowest BCUT2D eigenvalue weighted by Crippen LogP contribution is -2.18. The normalized spacial score (nSPS) is 10.4. The van der Waals surface area contributed by atoms with Gasteiger partial charge >= 0.3 is 0 Å². The van der Waals surface area contributed by atoms with Crippen molar-refractivity contribution in [3.8, 4) is 6.07 Å². The first-order valence-corrected chi connectivity index (χ1v) is 6.37. The monoisotopic (exact) mass is 271 g/mol. The number of aromatic nitrogens is 3. The fourth-order valence-electron chi connectivity index (χ4n) is 1.82. The van der Waals surface area contributed by atoms with E-state index in [-0.39, 0.29) is 0 Å². The summed E-state index contributed by atoms with van der Waals surface area (Å²) in [5.74, 6) is 0. The van der Waals surface area contributed by atoms with E-state index in [1.165, 1.54) is 0 Å². The Balaban J connectivity index is 1.90. The molecule has 104 valence electrons. The van der Waals surface area contributed by atoms with Gasteiger partial charge in [0.15, 0.2) is 0 Å². The Hall–Kier alpha value is -2.23. The second-order valence-corrected chi connectivity index (χ2v) is 4.37. The van der Waals surface area contributed by atoms with Gasteiger partial charge in [-0.1, -0.05) is 0 Å². The van der Waals surface area contributed by atoms with E-state index in [0.717, 1.165) is 24.3 Å². The highest BCUT2D eigenvalue weighted by molar-refractivity contribution is 5.25. The molecule has 0 saturated carbocycles. The number of nitrogens with zero attached hydrogens (tertiary/aromatic N) is 4. The minimum absolute atomic E-state index is 0.434. The maximum atomic E-state index is 8.82. The molecule has 6 heteroatoms. The Kier molecular flexibility index (Phi) is 5.24. The lowest BCUT2D eigenvalue weighted by atomic mass is 10.2. The molecule has 0 aliphatic carbocycles. The lowest BCUT2D eigenvalue weighted by molar-refractivity contribution is 0.199. The maximum Gasteiger partial charge on any atom is 0.140 e. The van der Waals surface area contributed by atoms with E-state index in [1.807, 2.05) is 22.9 Å². The summed E-state index contributed by atoms with van der Waals surface area (Å²) < 4.78 is 6.96. The molecule has 6 nitrogen and oxygen atoms in total. The third-order valence-corrected chi connectivity index (χ3v) is 2.78. The second kappa shape index (κ2) is 7.38. The Labute approximate surface area is 118 Å². The molecular formula is C14H17N5O. The van der Waals surface area contributed by atoms with Gasteiger partial charge in [0.2, 0.25) is 0 Å². The molecule has 20 heavy (non-hydrogen) atoms. The molecule has 0 saturated heterocycles. The van der Waals surface area contributed by atoms with Crippen molar-refractivity contribution in [3.05, 3.63) is 47.8 Å². The van der Waals surface area contributed by atoms with Crippen LogP contribution in [0.4, 0.5) is 0 Å².